The highest BCUT2D eigenvalue weighted by molar-refractivity contribution is 9.10. The summed E-state index contributed by atoms with van der Waals surface area (Å²) in [5.41, 5.74) is -0.237. The number of esters is 1. The average molecular weight is 332 g/mol. The number of rotatable bonds is 5. The molecule has 1 unspecified atom stereocenters. The lowest BCUT2D eigenvalue weighted by Crippen LogP contribution is -2.33. The zero-order chi connectivity index (χ0) is 14.6. The normalized spacial score (nSPS) is 12.3. The Labute approximate surface area is 120 Å². The summed E-state index contributed by atoms with van der Waals surface area (Å²) in [6.07, 6.45) is 1.77. The first-order valence-corrected chi connectivity index (χ1v) is 6.71. The van der Waals surface area contributed by atoms with Crippen LogP contribution < -0.4 is 10.9 Å². The molecule has 0 radical (unpaired) electrons. The fraction of sp³-hybridized carbons (Fsp3) is 0.583. The Morgan fingerprint density at radius 2 is 2.21 bits per heavy atom. The summed E-state index contributed by atoms with van der Waals surface area (Å²) >= 11 is 3.24. The summed E-state index contributed by atoms with van der Waals surface area (Å²) < 4.78 is 6.63. The third-order valence-electron chi connectivity index (χ3n) is 2.78. The number of carbonyl (C=O) groups is 1. The van der Waals surface area contributed by atoms with Gasteiger partial charge in [-0.15, -0.1) is 0 Å². The van der Waals surface area contributed by atoms with Gasteiger partial charge in [0.15, 0.2) is 5.82 Å². The van der Waals surface area contributed by atoms with Crippen LogP contribution in [0, 0.1) is 5.92 Å². The van der Waals surface area contributed by atoms with Gasteiger partial charge in [-0.1, -0.05) is 13.8 Å². The second kappa shape index (κ2) is 6.70. The SMILES string of the molecule is COC(=O)CC(Nc1nc(Br)cn(C)c1=O)C(C)C. The Morgan fingerprint density at radius 3 is 2.74 bits per heavy atom. The minimum absolute atomic E-state index is 0.157. The van der Waals surface area contributed by atoms with Crippen molar-refractivity contribution in [2.45, 2.75) is 26.3 Å². The van der Waals surface area contributed by atoms with Crippen molar-refractivity contribution in [2.75, 3.05) is 12.4 Å². The van der Waals surface area contributed by atoms with Gasteiger partial charge in [0.1, 0.15) is 4.60 Å². The van der Waals surface area contributed by atoms with E-state index in [2.05, 4.69) is 31.0 Å². The third kappa shape index (κ3) is 4.34. The summed E-state index contributed by atoms with van der Waals surface area (Å²) in [5.74, 6) is 0.0575. The Hall–Kier alpha value is -1.37. The maximum atomic E-state index is 11.9. The van der Waals surface area contributed by atoms with E-state index >= 15 is 0 Å². The van der Waals surface area contributed by atoms with Gasteiger partial charge in [0.05, 0.1) is 13.5 Å². The summed E-state index contributed by atoms with van der Waals surface area (Å²) in [4.78, 5) is 27.4. The second-order valence-electron chi connectivity index (χ2n) is 4.60. The van der Waals surface area contributed by atoms with Crippen LogP contribution in [0.5, 0.6) is 0 Å². The van der Waals surface area contributed by atoms with Crippen LogP contribution >= 0.6 is 15.9 Å². The van der Waals surface area contributed by atoms with Crippen LogP contribution in [0.1, 0.15) is 20.3 Å². The van der Waals surface area contributed by atoms with Crippen LogP contribution in [-0.4, -0.2) is 28.7 Å². The number of halogens is 1. The number of anilines is 1. The summed E-state index contributed by atoms with van der Waals surface area (Å²) in [6.45, 7) is 3.92. The Morgan fingerprint density at radius 1 is 1.58 bits per heavy atom. The maximum Gasteiger partial charge on any atom is 0.307 e. The molecule has 106 valence electrons. The molecule has 1 atom stereocenters. The predicted octanol–water partition coefficient (Wildman–Crippen LogP) is 1.54. The summed E-state index contributed by atoms with van der Waals surface area (Å²) in [7, 11) is 2.99. The second-order valence-corrected chi connectivity index (χ2v) is 5.42. The van der Waals surface area contributed by atoms with Gasteiger partial charge in [0.2, 0.25) is 0 Å². The lowest BCUT2D eigenvalue weighted by molar-refractivity contribution is -0.141. The molecule has 6 nitrogen and oxygen atoms in total. The number of hydrogen-bond donors (Lipinski definition) is 1. The quantitative estimate of drug-likeness (QED) is 0.828. The predicted molar refractivity (Wildman–Crippen MR) is 76.1 cm³/mol. The molecule has 0 saturated carbocycles. The van der Waals surface area contributed by atoms with Gasteiger partial charge in [0, 0.05) is 19.3 Å². The highest BCUT2D eigenvalue weighted by Gasteiger charge is 2.20. The van der Waals surface area contributed by atoms with E-state index in [1.807, 2.05) is 13.8 Å². The first-order chi connectivity index (χ1) is 8.85. The lowest BCUT2D eigenvalue weighted by atomic mass is 10.0. The van der Waals surface area contributed by atoms with E-state index in [0.29, 0.717) is 4.60 Å². The van der Waals surface area contributed by atoms with Gasteiger partial charge in [0.25, 0.3) is 5.56 Å². The molecule has 1 N–H and O–H groups in total. The average Bonchev–Trinajstić information content (AvgIpc) is 2.33. The third-order valence-corrected chi connectivity index (χ3v) is 3.16. The van der Waals surface area contributed by atoms with Crippen molar-refractivity contribution in [3.8, 4) is 0 Å². The molecular weight excluding hydrogens is 314 g/mol. The number of aromatic nitrogens is 2. The van der Waals surface area contributed by atoms with Crippen molar-refractivity contribution >= 4 is 27.7 Å². The monoisotopic (exact) mass is 331 g/mol. The van der Waals surface area contributed by atoms with Gasteiger partial charge in [-0.3, -0.25) is 9.59 Å². The van der Waals surface area contributed by atoms with Crippen molar-refractivity contribution in [2.24, 2.45) is 13.0 Å². The van der Waals surface area contributed by atoms with Crippen LogP contribution in [0.15, 0.2) is 15.6 Å². The van der Waals surface area contributed by atoms with Crippen molar-refractivity contribution in [3.05, 3.63) is 21.2 Å². The molecule has 0 spiro atoms. The first kappa shape index (κ1) is 15.7. The van der Waals surface area contributed by atoms with E-state index in [1.54, 1.807) is 13.2 Å². The molecule has 0 saturated heterocycles. The molecule has 0 aliphatic carbocycles. The molecule has 0 aliphatic rings. The van der Waals surface area contributed by atoms with Gasteiger partial charge >= 0.3 is 5.97 Å². The Bertz CT molecular complexity index is 513. The number of carbonyl (C=O) groups excluding carboxylic acids is 1. The zero-order valence-electron chi connectivity index (χ0n) is 11.4. The number of nitrogens with one attached hydrogen (secondary N) is 1. The number of nitrogens with zero attached hydrogens (tertiary/aromatic N) is 2. The van der Waals surface area contributed by atoms with Crippen molar-refractivity contribution in [3.63, 3.8) is 0 Å². The Kier molecular flexibility index (Phi) is 5.53. The van der Waals surface area contributed by atoms with Crippen LogP contribution in [0.4, 0.5) is 5.82 Å². The van der Waals surface area contributed by atoms with Gasteiger partial charge < -0.3 is 14.6 Å². The van der Waals surface area contributed by atoms with E-state index in [0.717, 1.165) is 0 Å². The van der Waals surface area contributed by atoms with Crippen molar-refractivity contribution < 1.29 is 9.53 Å². The van der Waals surface area contributed by atoms with E-state index in [1.165, 1.54) is 11.7 Å². The molecule has 0 fully saturated rings. The molecular formula is C12H18BrN3O3. The van der Waals surface area contributed by atoms with E-state index < -0.39 is 0 Å². The minimum Gasteiger partial charge on any atom is -0.469 e. The summed E-state index contributed by atoms with van der Waals surface area (Å²) in [5, 5.41) is 3.02. The number of hydrogen-bond acceptors (Lipinski definition) is 5. The van der Waals surface area contributed by atoms with Crippen LogP contribution in [-0.2, 0) is 16.6 Å². The number of ether oxygens (including phenoxy) is 1. The topological polar surface area (TPSA) is 73.2 Å². The molecule has 0 amide bonds. The minimum atomic E-state index is -0.321. The number of aryl methyl sites for hydroxylation is 1. The smallest absolute Gasteiger partial charge is 0.307 e. The lowest BCUT2D eigenvalue weighted by Gasteiger charge is -2.21. The standard InChI is InChI=1S/C12H18BrN3O3/c1-7(2)8(5-10(17)19-4)14-11-12(18)16(3)6-9(13)15-11/h6-8H,5H2,1-4H3,(H,14,15). The molecule has 1 aromatic rings. The zero-order valence-corrected chi connectivity index (χ0v) is 13.0. The fourth-order valence-electron chi connectivity index (χ4n) is 1.55. The highest BCUT2D eigenvalue weighted by Crippen LogP contribution is 2.13. The highest BCUT2D eigenvalue weighted by atomic mass is 79.9. The van der Waals surface area contributed by atoms with E-state index in [-0.39, 0.29) is 35.7 Å². The van der Waals surface area contributed by atoms with Crippen LogP contribution in [0.2, 0.25) is 0 Å². The van der Waals surface area contributed by atoms with E-state index in [9.17, 15) is 9.59 Å². The molecule has 0 aliphatic heterocycles. The molecule has 1 heterocycles. The molecule has 1 rings (SSSR count). The molecule has 0 aromatic carbocycles. The largest absolute Gasteiger partial charge is 0.469 e. The molecule has 0 bridgehead atoms. The molecule has 1 aromatic heterocycles. The van der Waals surface area contributed by atoms with Crippen LogP contribution in [0.3, 0.4) is 0 Å². The number of methoxy groups -OCH3 is 1. The van der Waals surface area contributed by atoms with Crippen molar-refractivity contribution in [1.29, 1.82) is 0 Å². The molecule has 19 heavy (non-hydrogen) atoms. The van der Waals surface area contributed by atoms with E-state index in [4.69, 9.17) is 0 Å². The fourth-order valence-corrected chi connectivity index (χ4v) is 2.04. The Balaban J connectivity index is 2.97. The van der Waals surface area contributed by atoms with Gasteiger partial charge in [-0.25, -0.2) is 4.98 Å². The van der Waals surface area contributed by atoms with Gasteiger partial charge in [-0.05, 0) is 21.8 Å². The first-order valence-electron chi connectivity index (χ1n) is 5.91. The molecule has 7 heteroatoms. The van der Waals surface area contributed by atoms with Crippen LogP contribution in [0.25, 0.3) is 0 Å². The maximum absolute atomic E-state index is 11.9. The van der Waals surface area contributed by atoms with Gasteiger partial charge in [-0.2, -0.15) is 0 Å². The summed E-state index contributed by atoms with van der Waals surface area (Å²) in [6, 6.07) is -0.207. The van der Waals surface area contributed by atoms with Crippen molar-refractivity contribution in [1.82, 2.24) is 9.55 Å².